The smallest absolute Gasteiger partial charge is 0.311 e. The Labute approximate surface area is 152 Å². The van der Waals surface area contributed by atoms with Crippen LogP contribution in [0.15, 0.2) is 18.2 Å². The summed E-state index contributed by atoms with van der Waals surface area (Å²) in [6, 6.07) is 5.94. The zero-order chi connectivity index (χ0) is 17.9. The van der Waals surface area contributed by atoms with E-state index in [1.165, 1.54) is 0 Å². The third-order valence-electron chi connectivity index (χ3n) is 5.25. The molecule has 26 heavy (non-hydrogen) atoms. The minimum atomic E-state index is -0.239. The Morgan fingerprint density at radius 2 is 2.00 bits per heavy atom. The van der Waals surface area contributed by atoms with Gasteiger partial charge in [0.2, 0.25) is 6.79 Å². The lowest BCUT2D eigenvalue weighted by Gasteiger charge is -2.23. The van der Waals surface area contributed by atoms with Crippen LogP contribution in [-0.2, 0) is 19.0 Å². The second-order valence-electron chi connectivity index (χ2n) is 6.76. The van der Waals surface area contributed by atoms with Gasteiger partial charge in [0.25, 0.3) is 0 Å². The Bertz CT molecular complexity index is 645. The van der Waals surface area contributed by atoms with Crippen molar-refractivity contribution in [2.45, 2.75) is 38.0 Å². The second kappa shape index (κ2) is 7.82. The number of benzene rings is 1. The lowest BCUT2D eigenvalue weighted by Crippen LogP contribution is -2.34. The number of hydrogen-bond acceptors (Lipinski definition) is 7. The molecule has 0 spiro atoms. The Kier molecular flexibility index (Phi) is 5.28. The van der Waals surface area contributed by atoms with Crippen molar-refractivity contribution < 1.29 is 28.5 Å². The molecule has 1 N–H and O–H groups in total. The van der Waals surface area contributed by atoms with Crippen molar-refractivity contribution in [3.63, 3.8) is 0 Å². The van der Waals surface area contributed by atoms with Gasteiger partial charge in [-0.05, 0) is 37.5 Å². The lowest BCUT2D eigenvalue weighted by molar-refractivity contribution is -0.149. The molecule has 7 heteroatoms. The van der Waals surface area contributed by atoms with Gasteiger partial charge in [-0.1, -0.05) is 6.07 Å². The summed E-state index contributed by atoms with van der Waals surface area (Å²) >= 11 is 0. The molecule has 0 radical (unpaired) electrons. The molecule has 0 saturated carbocycles. The van der Waals surface area contributed by atoms with Crippen LogP contribution in [0.5, 0.6) is 11.5 Å². The summed E-state index contributed by atoms with van der Waals surface area (Å²) in [6.07, 6.45) is 1.40. The Balaban J connectivity index is 1.50. The minimum Gasteiger partial charge on any atom is -0.466 e. The molecule has 3 atom stereocenters. The molecule has 3 aliphatic rings. The molecule has 142 valence electrons. The number of hydrogen-bond donors (Lipinski definition) is 1. The van der Waals surface area contributed by atoms with Crippen molar-refractivity contribution >= 4 is 5.97 Å². The Hall–Kier alpha value is -1.83. The summed E-state index contributed by atoms with van der Waals surface area (Å²) < 4.78 is 27.3. The van der Waals surface area contributed by atoms with Gasteiger partial charge in [-0.15, -0.1) is 0 Å². The largest absolute Gasteiger partial charge is 0.466 e. The fraction of sp³-hybridized carbons (Fsp3) is 0.632. The van der Waals surface area contributed by atoms with E-state index in [2.05, 4.69) is 5.32 Å². The summed E-state index contributed by atoms with van der Waals surface area (Å²) in [7, 11) is 0. The lowest BCUT2D eigenvalue weighted by atomic mass is 9.83. The van der Waals surface area contributed by atoms with Crippen molar-refractivity contribution in [3.05, 3.63) is 23.8 Å². The molecule has 1 aromatic carbocycles. The van der Waals surface area contributed by atoms with Gasteiger partial charge in [0, 0.05) is 18.5 Å². The first-order chi connectivity index (χ1) is 12.8. The first-order valence-corrected chi connectivity index (χ1v) is 9.29. The first kappa shape index (κ1) is 17.6. The van der Waals surface area contributed by atoms with Crippen LogP contribution < -0.4 is 14.8 Å². The van der Waals surface area contributed by atoms with Crippen molar-refractivity contribution in [3.8, 4) is 11.5 Å². The van der Waals surface area contributed by atoms with Crippen molar-refractivity contribution in [1.82, 2.24) is 5.32 Å². The van der Waals surface area contributed by atoms with E-state index in [9.17, 15) is 4.79 Å². The average Bonchev–Trinajstić information content (AvgIpc) is 3.38. The SMILES string of the molecule is CCOC(=O)[C@H]1[C@H](CCC2OCCO2)NC[C@@H]1c1ccc2c(c1)OCO2. The van der Waals surface area contributed by atoms with Crippen LogP contribution in [-0.4, -0.2) is 51.5 Å². The molecule has 7 nitrogen and oxygen atoms in total. The summed E-state index contributed by atoms with van der Waals surface area (Å²) in [5.74, 6) is 1.13. The van der Waals surface area contributed by atoms with E-state index in [0.717, 1.165) is 36.4 Å². The van der Waals surface area contributed by atoms with E-state index < -0.39 is 0 Å². The van der Waals surface area contributed by atoms with E-state index in [4.69, 9.17) is 23.7 Å². The highest BCUT2D eigenvalue weighted by atomic mass is 16.7. The predicted molar refractivity (Wildman–Crippen MR) is 92.1 cm³/mol. The zero-order valence-electron chi connectivity index (χ0n) is 14.9. The van der Waals surface area contributed by atoms with Crippen LogP contribution in [0.2, 0.25) is 0 Å². The van der Waals surface area contributed by atoms with Crippen LogP contribution >= 0.6 is 0 Å². The fourth-order valence-corrected chi connectivity index (χ4v) is 4.02. The average molecular weight is 363 g/mol. The predicted octanol–water partition coefficient (Wildman–Crippen LogP) is 1.80. The molecule has 0 bridgehead atoms. The van der Waals surface area contributed by atoms with Gasteiger partial charge in [0.1, 0.15) is 0 Å². The van der Waals surface area contributed by atoms with E-state index in [0.29, 0.717) is 19.8 Å². The maximum Gasteiger partial charge on any atom is 0.311 e. The van der Waals surface area contributed by atoms with Gasteiger partial charge in [-0.3, -0.25) is 4.79 Å². The van der Waals surface area contributed by atoms with Gasteiger partial charge in [-0.25, -0.2) is 0 Å². The molecule has 0 aromatic heterocycles. The number of rotatable bonds is 6. The second-order valence-corrected chi connectivity index (χ2v) is 6.76. The van der Waals surface area contributed by atoms with Crippen LogP contribution in [0.3, 0.4) is 0 Å². The summed E-state index contributed by atoms with van der Waals surface area (Å²) in [5, 5.41) is 3.50. The quantitative estimate of drug-likeness (QED) is 0.773. The van der Waals surface area contributed by atoms with Gasteiger partial charge >= 0.3 is 5.97 Å². The fourth-order valence-electron chi connectivity index (χ4n) is 4.02. The molecule has 3 aliphatic heterocycles. The maximum absolute atomic E-state index is 12.7. The maximum atomic E-state index is 12.7. The van der Waals surface area contributed by atoms with Gasteiger partial charge in [0.15, 0.2) is 17.8 Å². The van der Waals surface area contributed by atoms with Crippen molar-refractivity contribution in [2.75, 3.05) is 33.2 Å². The number of ether oxygens (including phenoxy) is 5. The van der Waals surface area contributed by atoms with Gasteiger partial charge in [-0.2, -0.15) is 0 Å². The molecular formula is C19H25NO6. The molecule has 2 fully saturated rings. The van der Waals surface area contributed by atoms with Crippen molar-refractivity contribution in [2.24, 2.45) is 5.92 Å². The van der Waals surface area contributed by atoms with Crippen LogP contribution in [0, 0.1) is 5.92 Å². The topological polar surface area (TPSA) is 75.3 Å². The Morgan fingerprint density at radius 1 is 1.19 bits per heavy atom. The van der Waals surface area contributed by atoms with Crippen molar-refractivity contribution in [1.29, 1.82) is 0 Å². The van der Waals surface area contributed by atoms with Gasteiger partial charge < -0.3 is 29.0 Å². The Morgan fingerprint density at radius 3 is 2.81 bits per heavy atom. The molecular weight excluding hydrogens is 338 g/mol. The molecule has 0 unspecified atom stereocenters. The molecule has 0 aliphatic carbocycles. The third kappa shape index (κ3) is 3.51. The molecule has 0 amide bonds. The number of carbonyl (C=O) groups is 1. The molecule has 3 heterocycles. The molecule has 4 rings (SSSR count). The summed E-state index contributed by atoms with van der Waals surface area (Å²) in [4.78, 5) is 12.7. The highest BCUT2D eigenvalue weighted by Crippen LogP contribution is 2.40. The third-order valence-corrected chi connectivity index (χ3v) is 5.25. The standard InChI is InChI=1S/C19H25NO6/c1-2-22-19(21)18-13(12-3-5-15-16(9-12)26-11-25-15)10-20-14(18)4-6-17-23-7-8-24-17/h3,5,9,13-14,17-18,20H,2,4,6-8,10-11H2,1H3/t13-,14+,18-/m1/s1. The summed E-state index contributed by atoms with van der Waals surface area (Å²) in [5.41, 5.74) is 1.07. The van der Waals surface area contributed by atoms with E-state index >= 15 is 0 Å². The minimum absolute atomic E-state index is 0.0391. The van der Waals surface area contributed by atoms with E-state index in [1.54, 1.807) is 0 Å². The van der Waals surface area contributed by atoms with Gasteiger partial charge in [0.05, 0.1) is 25.7 Å². The first-order valence-electron chi connectivity index (χ1n) is 9.29. The highest BCUT2D eigenvalue weighted by molar-refractivity contribution is 5.75. The number of fused-ring (bicyclic) bond motifs is 1. The number of carbonyl (C=O) groups excluding carboxylic acids is 1. The number of nitrogens with one attached hydrogen (secondary N) is 1. The van der Waals surface area contributed by atoms with Crippen LogP contribution in [0.1, 0.15) is 31.2 Å². The van der Waals surface area contributed by atoms with E-state index in [-0.39, 0.29) is 36.9 Å². The zero-order valence-corrected chi connectivity index (χ0v) is 14.9. The molecule has 2 saturated heterocycles. The van der Waals surface area contributed by atoms with E-state index in [1.807, 2.05) is 25.1 Å². The van der Waals surface area contributed by atoms with Crippen LogP contribution in [0.25, 0.3) is 0 Å². The monoisotopic (exact) mass is 363 g/mol. The highest BCUT2D eigenvalue weighted by Gasteiger charge is 2.43. The molecule has 1 aromatic rings. The normalized spacial score (nSPS) is 27.8. The van der Waals surface area contributed by atoms with Crippen LogP contribution in [0.4, 0.5) is 0 Å². The number of esters is 1. The summed E-state index contributed by atoms with van der Waals surface area (Å²) in [6.45, 7) is 4.47.